The van der Waals surface area contributed by atoms with E-state index in [-0.39, 0.29) is 22.9 Å². The van der Waals surface area contributed by atoms with Crippen molar-refractivity contribution in [2.45, 2.75) is 61.7 Å². The summed E-state index contributed by atoms with van der Waals surface area (Å²) in [6, 6.07) is 16.0. The number of aliphatic hydroxyl groups is 1. The van der Waals surface area contributed by atoms with E-state index in [9.17, 15) is 13.5 Å². The third-order valence-electron chi connectivity index (χ3n) is 8.17. The highest BCUT2D eigenvalue weighted by molar-refractivity contribution is 7.90. The summed E-state index contributed by atoms with van der Waals surface area (Å²) in [4.78, 5) is 9.42. The van der Waals surface area contributed by atoms with Crippen LogP contribution in [-0.2, 0) is 10.0 Å². The van der Waals surface area contributed by atoms with Crippen LogP contribution in [0.15, 0.2) is 71.9 Å². The normalized spacial score (nSPS) is 22.4. The molecule has 1 aliphatic carbocycles. The van der Waals surface area contributed by atoms with Crippen molar-refractivity contribution >= 4 is 38.5 Å². The van der Waals surface area contributed by atoms with Crippen LogP contribution in [0.1, 0.15) is 38.5 Å². The Morgan fingerprint density at radius 1 is 1.02 bits per heavy atom. The van der Waals surface area contributed by atoms with E-state index in [0.29, 0.717) is 27.7 Å². The Bertz CT molecular complexity index is 1610. The maximum absolute atomic E-state index is 13.6. The second-order valence-corrected chi connectivity index (χ2v) is 13.2. The number of aliphatic hydroxyl groups excluding tert-OH is 1. The molecule has 2 unspecified atom stereocenters. The Morgan fingerprint density at radius 2 is 1.80 bits per heavy atom. The zero-order chi connectivity index (χ0) is 28.4. The van der Waals surface area contributed by atoms with Crippen LogP contribution in [-0.4, -0.2) is 58.9 Å². The fourth-order valence-corrected chi connectivity index (χ4v) is 7.63. The minimum absolute atomic E-state index is 0.131. The molecule has 2 aromatic carbocycles. The molecule has 3 heterocycles. The molecule has 11 heteroatoms. The predicted octanol–water partition coefficient (Wildman–Crippen LogP) is 4.62. The molecular weight excluding hydrogens is 560 g/mol. The summed E-state index contributed by atoms with van der Waals surface area (Å²) in [7, 11) is -3.84. The molecule has 9 nitrogen and oxygen atoms in total. The molecule has 2 fully saturated rings. The van der Waals surface area contributed by atoms with Crippen LogP contribution in [0.2, 0.25) is 5.02 Å². The van der Waals surface area contributed by atoms with Gasteiger partial charge < -0.3 is 15.7 Å². The first-order valence-electron chi connectivity index (χ1n) is 14.2. The van der Waals surface area contributed by atoms with E-state index in [1.165, 1.54) is 3.97 Å². The second kappa shape index (κ2) is 12.1. The molecule has 0 bridgehead atoms. The van der Waals surface area contributed by atoms with Crippen molar-refractivity contribution in [3.05, 3.63) is 72.0 Å². The smallest absolute Gasteiger partial charge is 0.268 e. The van der Waals surface area contributed by atoms with Gasteiger partial charge in [-0.25, -0.2) is 22.4 Å². The van der Waals surface area contributed by atoms with Crippen LogP contribution >= 0.6 is 11.6 Å². The highest BCUT2D eigenvalue weighted by Gasteiger charge is 2.28. The first kappa shape index (κ1) is 28.1. The molecule has 4 aromatic rings. The average molecular weight is 595 g/mol. The molecule has 0 spiro atoms. The summed E-state index contributed by atoms with van der Waals surface area (Å²) in [5.74, 6) is 0.668. The van der Waals surface area contributed by atoms with E-state index in [1.807, 2.05) is 18.2 Å². The molecule has 0 amide bonds. The molecule has 2 aliphatic rings. The average Bonchev–Trinajstić information content (AvgIpc) is 3.40. The fourth-order valence-electron chi connectivity index (χ4n) is 6.05. The van der Waals surface area contributed by atoms with Gasteiger partial charge >= 0.3 is 0 Å². The lowest BCUT2D eigenvalue weighted by atomic mass is 9.89. The number of anilines is 1. The number of hydrogen-bond acceptors (Lipinski definition) is 8. The van der Waals surface area contributed by atoms with Gasteiger partial charge in [0.1, 0.15) is 6.23 Å². The summed E-state index contributed by atoms with van der Waals surface area (Å²) >= 11 is 6.61. The van der Waals surface area contributed by atoms with Crippen LogP contribution in [0, 0.1) is 5.92 Å². The van der Waals surface area contributed by atoms with E-state index in [1.54, 1.807) is 48.8 Å². The summed E-state index contributed by atoms with van der Waals surface area (Å²) in [6.07, 6.45) is 8.59. The monoisotopic (exact) mass is 594 g/mol. The Morgan fingerprint density at radius 3 is 2.61 bits per heavy atom. The molecule has 41 heavy (non-hydrogen) atoms. The van der Waals surface area contributed by atoms with Crippen LogP contribution < -0.4 is 16.0 Å². The molecule has 2 aromatic heterocycles. The number of fused-ring (bicyclic) bond motifs is 1. The maximum Gasteiger partial charge on any atom is 0.268 e. The third-order valence-corrected chi connectivity index (χ3v) is 10.1. The number of piperidine rings is 1. The highest BCUT2D eigenvalue weighted by atomic mass is 35.5. The summed E-state index contributed by atoms with van der Waals surface area (Å²) in [6.45, 7) is 1.86. The number of nitrogens with one attached hydrogen (secondary N) is 3. The van der Waals surface area contributed by atoms with Gasteiger partial charge in [0.25, 0.3) is 10.0 Å². The van der Waals surface area contributed by atoms with Crippen molar-refractivity contribution in [1.29, 1.82) is 0 Å². The van der Waals surface area contributed by atoms with Gasteiger partial charge in [0.15, 0.2) is 0 Å². The van der Waals surface area contributed by atoms with Crippen molar-refractivity contribution in [3.8, 4) is 11.3 Å². The van der Waals surface area contributed by atoms with Crippen molar-refractivity contribution in [2.75, 3.05) is 18.4 Å². The molecule has 4 N–H and O–H groups in total. The van der Waals surface area contributed by atoms with Crippen LogP contribution in [0.4, 0.5) is 5.95 Å². The van der Waals surface area contributed by atoms with Crippen molar-refractivity contribution in [2.24, 2.45) is 5.92 Å². The first-order valence-corrected chi connectivity index (χ1v) is 16.1. The zero-order valence-electron chi connectivity index (χ0n) is 22.7. The van der Waals surface area contributed by atoms with Gasteiger partial charge in [-0.1, -0.05) is 48.0 Å². The van der Waals surface area contributed by atoms with Gasteiger partial charge in [-0.15, -0.1) is 0 Å². The van der Waals surface area contributed by atoms with E-state index in [4.69, 9.17) is 16.6 Å². The SMILES string of the molecule is O=S(=O)(c1ccccc1)n1cc(-c2nc(NC3CCC[C@H](NC(O)[C@@H]4CCCNC4)C3)ncc2Cl)c2ccccc21. The molecule has 0 radical (unpaired) electrons. The van der Waals surface area contributed by atoms with Crippen molar-refractivity contribution < 1.29 is 13.5 Å². The Kier molecular flexibility index (Phi) is 8.28. The lowest BCUT2D eigenvalue weighted by molar-refractivity contribution is 0.0451. The Hall–Kier alpha value is -3.02. The van der Waals surface area contributed by atoms with Gasteiger partial charge in [0.2, 0.25) is 5.95 Å². The standard InChI is InChI=1S/C30H35ClN6O3S/c31-26-18-33-30(35-22-10-6-9-21(16-22)34-29(38)20-8-7-15-32-17-20)36-28(26)25-19-37(27-14-5-4-13-24(25)27)41(39,40)23-11-2-1-3-12-23/h1-5,11-14,18-22,29,32,34,38H,6-10,15-17H2,(H,33,35,36)/t20-,21+,22?,29?/m1/s1. The highest BCUT2D eigenvalue weighted by Crippen LogP contribution is 2.36. The molecule has 6 rings (SSSR count). The maximum atomic E-state index is 13.6. The molecule has 1 aliphatic heterocycles. The minimum atomic E-state index is -3.84. The molecule has 216 valence electrons. The van der Waals surface area contributed by atoms with Crippen LogP contribution in [0.3, 0.4) is 0 Å². The second-order valence-electron chi connectivity index (χ2n) is 11.0. The number of benzene rings is 2. The summed E-state index contributed by atoms with van der Waals surface area (Å²) in [5, 5.41) is 22.1. The lowest BCUT2D eigenvalue weighted by Crippen LogP contribution is -2.50. The van der Waals surface area contributed by atoms with Crippen molar-refractivity contribution in [3.63, 3.8) is 0 Å². The van der Waals surface area contributed by atoms with Gasteiger partial charge in [-0.3, -0.25) is 5.32 Å². The number of halogens is 1. The van der Waals surface area contributed by atoms with E-state index >= 15 is 0 Å². The Labute approximate surface area is 245 Å². The number of para-hydroxylation sites is 1. The van der Waals surface area contributed by atoms with Gasteiger partial charge in [-0.2, -0.15) is 0 Å². The fraction of sp³-hybridized carbons (Fsp3) is 0.400. The summed E-state index contributed by atoms with van der Waals surface area (Å²) < 4.78 is 28.4. The third kappa shape index (κ3) is 5.98. The van der Waals surface area contributed by atoms with E-state index < -0.39 is 16.3 Å². The van der Waals surface area contributed by atoms with E-state index in [0.717, 1.165) is 57.0 Å². The van der Waals surface area contributed by atoms with Crippen LogP contribution in [0.25, 0.3) is 22.2 Å². The summed E-state index contributed by atoms with van der Waals surface area (Å²) in [5.41, 5.74) is 1.62. The number of nitrogens with zero attached hydrogens (tertiary/aromatic N) is 3. The number of hydrogen-bond donors (Lipinski definition) is 4. The quantitative estimate of drug-likeness (QED) is 0.218. The van der Waals surface area contributed by atoms with Gasteiger partial charge in [-0.05, 0) is 63.3 Å². The molecule has 4 atom stereocenters. The number of rotatable bonds is 8. The Balaban J connectivity index is 1.24. The topological polar surface area (TPSA) is 121 Å². The van der Waals surface area contributed by atoms with Crippen molar-refractivity contribution in [1.82, 2.24) is 24.6 Å². The lowest BCUT2D eigenvalue weighted by Gasteiger charge is -2.35. The minimum Gasteiger partial charge on any atom is -0.378 e. The number of aromatic nitrogens is 3. The molecule has 1 saturated carbocycles. The molecule has 1 saturated heterocycles. The van der Waals surface area contributed by atoms with Gasteiger partial charge in [0, 0.05) is 41.7 Å². The molecular formula is C30H35ClN6O3S. The first-order chi connectivity index (χ1) is 19.9. The van der Waals surface area contributed by atoms with Crippen LogP contribution in [0.5, 0.6) is 0 Å². The predicted molar refractivity (Wildman–Crippen MR) is 161 cm³/mol. The zero-order valence-corrected chi connectivity index (χ0v) is 24.3. The van der Waals surface area contributed by atoms with E-state index in [2.05, 4.69) is 20.9 Å². The van der Waals surface area contributed by atoms with Gasteiger partial charge in [0.05, 0.1) is 27.3 Å². The largest absolute Gasteiger partial charge is 0.378 e.